The Morgan fingerprint density at radius 1 is 1.25 bits per heavy atom. The lowest BCUT2D eigenvalue weighted by Gasteiger charge is -2.38. The Bertz CT molecular complexity index is 292. The van der Waals surface area contributed by atoms with Gasteiger partial charge in [-0.25, -0.2) is 0 Å². The maximum atomic E-state index is 12.1. The summed E-state index contributed by atoms with van der Waals surface area (Å²) in [6, 6.07) is 0.787. The minimum Gasteiger partial charge on any atom is -0.465 e. The number of hydrogen-bond acceptors (Lipinski definition) is 4. The van der Waals surface area contributed by atoms with Crippen LogP contribution in [-0.4, -0.2) is 48.7 Å². The summed E-state index contributed by atoms with van der Waals surface area (Å²) < 4.78 is 5.20. The molecule has 0 bridgehead atoms. The van der Waals surface area contributed by atoms with Crippen LogP contribution >= 0.6 is 0 Å². The first-order chi connectivity index (χ1) is 9.17. The molecule has 0 aliphatic carbocycles. The summed E-state index contributed by atoms with van der Waals surface area (Å²) in [4.78, 5) is 14.6. The third-order valence-corrected chi connectivity index (χ3v) is 3.79. The number of nitrogens with zero attached hydrogens (tertiary/aromatic N) is 1. The van der Waals surface area contributed by atoms with Crippen LogP contribution in [0.15, 0.2) is 0 Å². The van der Waals surface area contributed by atoms with Gasteiger partial charge in [0.05, 0.1) is 6.61 Å². The molecule has 20 heavy (non-hydrogen) atoms. The summed E-state index contributed by atoms with van der Waals surface area (Å²) in [5.41, 5.74) is -0.625. The Kier molecular flexibility index (Phi) is 8.36. The Labute approximate surface area is 125 Å². The van der Waals surface area contributed by atoms with E-state index in [0.717, 1.165) is 13.0 Å². The molecule has 2 unspecified atom stereocenters. The first kappa shape index (κ1) is 19.4. The largest absolute Gasteiger partial charge is 0.465 e. The second-order valence-corrected chi connectivity index (χ2v) is 6.54. The van der Waals surface area contributed by atoms with Crippen molar-refractivity contribution in [2.24, 2.45) is 5.92 Å². The fourth-order valence-electron chi connectivity index (χ4n) is 2.61. The second-order valence-electron chi connectivity index (χ2n) is 6.54. The van der Waals surface area contributed by atoms with Gasteiger partial charge in [-0.05, 0) is 54.0 Å². The molecule has 0 saturated heterocycles. The Morgan fingerprint density at radius 3 is 2.15 bits per heavy atom. The van der Waals surface area contributed by atoms with Crippen molar-refractivity contribution in [2.75, 3.05) is 20.2 Å². The van der Waals surface area contributed by atoms with Gasteiger partial charge in [-0.1, -0.05) is 13.8 Å². The zero-order chi connectivity index (χ0) is 15.9. The number of nitrogens with one attached hydrogen (secondary N) is 1. The van der Waals surface area contributed by atoms with Gasteiger partial charge in [-0.2, -0.15) is 0 Å². The van der Waals surface area contributed by atoms with Gasteiger partial charge < -0.3 is 10.1 Å². The lowest BCUT2D eigenvalue weighted by atomic mass is 9.92. The van der Waals surface area contributed by atoms with Crippen molar-refractivity contribution >= 4 is 5.97 Å². The lowest BCUT2D eigenvalue weighted by molar-refractivity contribution is -0.151. The Balaban J connectivity index is 4.88. The molecule has 0 radical (unpaired) electrons. The normalized spacial score (nSPS) is 16.6. The summed E-state index contributed by atoms with van der Waals surface area (Å²) >= 11 is 0. The van der Waals surface area contributed by atoms with E-state index in [4.69, 9.17) is 4.74 Å². The molecular weight excluding hydrogens is 252 g/mol. The van der Waals surface area contributed by atoms with Crippen LogP contribution < -0.4 is 5.32 Å². The molecule has 0 fully saturated rings. The zero-order valence-electron chi connectivity index (χ0n) is 14.6. The number of carbonyl (C=O) groups is 1. The van der Waals surface area contributed by atoms with Gasteiger partial charge in [0.1, 0.15) is 5.54 Å². The summed E-state index contributed by atoms with van der Waals surface area (Å²) in [5.74, 6) is 0.450. The lowest BCUT2D eigenvalue weighted by Crippen LogP contribution is -2.54. The van der Waals surface area contributed by atoms with Gasteiger partial charge in [0.25, 0.3) is 0 Å². The Morgan fingerprint density at radius 2 is 1.80 bits per heavy atom. The Hall–Kier alpha value is -0.610. The molecule has 4 heteroatoms. The highest BCUT2D eigenvalue weighted by molar-refractivity contribution is 5.80. The van der Waals surface area contributed by atoms with E-state index in [1.807, 2.05) is 20.9 Å². The maximum absolute atomic E-state index is 12.1. The third kappa shape index (κ3) is 5.80. The van der Waals surface area contributed by atoms with Gasteiger partial charge in [0.2, 0.25) is 0 Å². The van der Waals surface area contributed by atoms with Gasteiger partial charge in [0.15, 0.2) is 0 Å². The van der Waals surface area contributed by atoms with Crippen LogP contribution in [0.5, 0.6) is 0 Å². The molecule has 0 aliphatic heterocycles. The molecule has 0 rings (SSSR count). The number of likely N-dealkylation sites (N-methyl/N-ethyl adjacent to an activating group) is 1. The van der Waals surface area contributed by atoms with Crippen LogP contribution in [0.1, 0.15) is 54.9 Å². The summed E-state index contributed by atoms with van der Waals surface area (Å²) in [7, 11) is 1.83. The number of hydrogen-bond donors (Lipinski definition) is 1. The van der Waals surface area contributed by atoms with Crippen molar-refractivity contribution in [3.8, 4) is 0 Å². The van der Waals surface area contributed by atoms with E-state index < -0.39 is 5.54 Å². The SMILES string of the molecule is CCOC(=O)C(C)(CC(C)N(CC(C)C)C(C)C)NC. The van der Waals surface area contributed by atoms with E-state index in [-0.39, 0.29) is 5.97 Å². The first-order valence-electron chi connectivity index (χ1n) is 7.79. The average Bonchev–Trinajstić information content (AvgIpc) is 2.35. The molecule has 120 valence electrons. The van der Waals surface area contributed by atoms with E-state index in [9.17, 15) is 4.79 Å². The maximum Gasteiger partial charge on any atom is 0.326 e. The van der Waals surface area contributed by atoms with Crippen LogP contribution in [0, 0.1) is 5.92 Å². The highest BCUT2D eigenvalue weighted by Crippen LogP contribution is 2.20. The smallest absolute Gasteiger partial charge is 0.326 e. The third-order valence-electron chi connectivity index (χ3n) is 3.79. The zero-order valence-corrected chi connectivity index (χ0v) is 14.6. The van der Waals surface area contributed by atoms with E-state index in [2.05, 4.69) is 44.8 Å². The van der Waals surface area contributed by atoms with Crippen molar-refractivity contribution in [1.82, 2.24) is 10.2 Å². The minimum absolute atomic E-state index is 0.164. The summed E-state index contributed by atoms with van der Waals surface area (Å²) in [5, 5.41) is 3.14. The molecule has 0 aromatic heterocycles. The van der Waals surface area contributed by atoms with Crippen LogP contribution in [0.25, 0.3) is 0 Å². The highest BCUT2D eigenvalue weighted by Gasteiger charge is 2.36. The highest BCUT2D eigenvalue weighted by atomic mass is 16.5. The van der Waals surface area contributed by atoms with Crippen molar-refractivity contribution in [2.45, 2.75) is 72.5 Å². The summed E-state index contributed by atoms with van der Waals surface area (Å²) in [6.45, 7) is 16.3. The van der Waals surface area contributed by atoms with Gasteiger partial charge >= 0.3 is 5.97 Å². The molecule has 0 heterocycles. The standard InChI is InChI=1S/C16H34N2O2/c1-9-20-15(19)16(7,17-8)10-14(6)18(13(4)5)11-12(2)3/h12-14,17H,9-11H2,1-8H3. The van der Waals surface area contributed by atoms with E-state index in [1.165, 1.54) is 0 Å². The van der Waals surface area contributed by atoms with Crippen LogP contribution in [0.3, 0.4) is 0 Å². The average molecular weight is 286 g/mol. The van der Waals surface area contributed by atoms with Crippen molar-refractivity contribution in [3.63, 3.8) is 0 Å². The molecule has 0 spiro atoms. The molecule has 4 nitrogen and oxygen atoms in total. The second kappa shape index (κ2) is 8.63. The molecule has 0 saturated carbocycles. The van der Waals surface area contributed by atoms with Gasteiger partial charge in [0, 0.05) is 18.6 Å². The summed E-state index contributed by atoms with van der Waals surface area (Å²) in [6.07, 6.45) is 0.743. The van der Waals surface area contributed by atoms with Crippen molar-refractivity contribution < 1.29 is 9.53 Å². The molecule has 0 amide bonds. The van der Waals surface area contributed by atoms with Crippen LogP contribution in [0.2, 0.25) is 0 Å². The molecule has 1 N–H and O–H groups in total. The van der Waals surface area contributed by atoms with Crippen molar-refractivity contribution in [1.29, 1.82) is 0 Å². The number of rotatable bonds is 9. The quantitative estimate of drug-likeness (QED) is 0.662. The first-order valence-corrected chi connectivity index (χ1v) is 7.79. The minimum atomic E-state index is -0.625. The molecule has 0 aromatic carbocycles. The van der Waals surface area contributed by atoms with Crippen LogP contribution in [0.4, 0.5) is 0 Å². The number of ether oxygens (including phenoxy) is 1. The molecular formula is C16H34N2O2. The fourth-order valence-corrected chi connectivity index (χ4v) is 2.61. The predicted molar refractivity (Wildman–Crippen MR) is 84.9 cm³/mol. The monoisotopic (exact) mass is 286 g/mol. The number of esters is 1. The van der Waals surface area contributed by atoms with E-state index in [0.29, 0.717) is 24.6 Å². The van der Waals surface area contributed by atoms with E-state index in [1.54, 1.807) is 0 Å². The van der Waals surface area contributed by atoms with Gasteiger partial charge in [-0.3, -0.25) is 9.69 Å². The van der Waals surface area contributed by atoms with Gasteiger partial charge in [-0.15, -0.1) is 0 Å². The topological polar surface area (TPSA) is 41.6 Å². The number of carbonyl (C=O) groups excluding carboxylic acids is 1. The molecule has 2 atom stereocenters. The molecule has 0 aromatic rings. The fraction of sp³-hybridized carbons (Fsp3) is 0.938. The molecule has 0 aliphatic rings. The van der Waals surface area contributed by atoms with Crippen LogP contribution in [-0.2, 0) is 9.53 Å². The van der Waals surface area contributed by atoms with Crippen molar-refractivity contribution in [3.05, 3.63) is 0 Å². The van der Waals surface area contributed by atoms with E-state index >= 15 is 0 Å². The predicted octanol–water partition coefficient (Wildman–Crippen LogP) is 2.67.